The van der Waals surface area contributed by atoms with Crippen LogP contribution in [0.15, 0.2) is 54.9 Å². The van der Waals surface area contributed by atoms with Crippen molar-refractivity contribution in [3.63, 3.8) is 0 Å². The molecular formula is C20H20N4O4. The molecule has 1 heterocycles. The van der Waals surface area contributed by atoms with Gasteiger partial charge in [0.25, 0.3) is 5.69 Å². The average Bonchev–Trinajstić information content (AvgIpc) is 3.14. The molecule has 0 fully saturated rings. The van der Waals surface area contributed by atoms with Gasteiger partial charge in [0, 0.05) is 37.6 Å². The normalized spacial score (nSPS) is 10.5. The van der Waals surface area contributed by atoms with Crippen LogP contribution in [0.5, 0.6) is 5.75 Å². The lowest BCUT2D eigenvalue weighted by Crippen LogP contribution is -2.11. The Bertz CT molecular complexity index is 996. The van der Waals surface area contributed by atoms with Gasteiger partial charge in [0.2, 0.25) is 5.78 Å². The van der Waals surface area contributed by atoms with Gasteiger partial charge in [-0.05, 0) is 36.2 Å². The average molecular weight is 380 g/mol. The third kappa shape index (κ3) is 4.17. The molecule has 0 saturated carbocycles. The molecule has 144 valence electrons. The SMILES string of the molecule is COc1ccc(CCNc2ccc(C(=O)c3nccn3C)cc2[N+](=O)[O-])cc1. The van der Waals surface area contributed by atoms with Crippen molar-refractivity contribution in [1.29, 1.82) is 0 Å². The molecule has 0 aliphatic carbocycles. The second-order valence-electron chi connectivity index (χ2n) is 6.20. The highest BCUT2D eigenvalue weighted by atomic mass is 16.6. The fraction of sp³-hybridized carbons (Fsp3) is 0.200. The molecule has 0 saturated heterocycles. The lowest BCUT2D eigenvalue weighted by molar-refractivity contribution is -0.384. The summed E-state index contributed by atoms with van der Waals surface area (Å²) in [5.74, 6) is 0.648. The molecule has 8 heteroatoms. The Morgan fingerprint density at radius 3 is 2.61 bits per heavy atom. The van der Waals surface area contributed by atoms with E-state index in [2.05, 4.69) is 10.3 Å². The molecule has 3 aromatic rings. The number of anilines is 1. The molecule has 2 aromatic carbocycles. The van der Waals surface area contributed by atoms with Crippen LogP contribution in [0, 0.1) is 10.1 Å². The van der Waals surface area contributed by atoms with Crippen LogP contribution in [0.2, 0.25) is 0 Å². The maximum absolute atomic E-state index is 12.5. The predicted molar refractivity (Wildman–Crippen MR) is 105 cm³/mol. The molecular weight excluding hydrogens is 360 g/mol. The minimum Gasteiger partial charge on any atom is -0.497 e. The van der Waals surface area contributed by atoms with Crippen molar-refractivity contribution in [2.24, 2.45) is 7.05 Å². The second-order valence-corrected chi connectivity index (χ2v) is 6.20. The first kappa shape index (κ1) is 19.1. The van der Waals surface area contributed by atoms with E-state index < -0.39 is 4.92 Å². The molecule has 8 nitrogen and oxygen atoms in total. The number of nitrogens with zero attached hydrogens (tertiary/aromatic N) is 3. The summed E-state index contributed by atoms with van der Waals surface area (Å²) in [6, 6.07) is 12.0. The number of imidazole rings is 1. The van der Waals surface area contributed by atoms with E-state index >= 15 is 0 Å². The molecule has 1 N–H and O–H groups in total. The summed E-state index contributed by atoms with van der Waals surface area (Å²) in [5, 5.41) is 14.6. The molecule has 1 aromatic heterocycles. The molecule has 0 unspecified atom stereocenters. The fourth-order valence-corrected chi connectivity index (χ4v) is 2.82. The third-order valence-corrected chi connectivity index (χ3v) is 4.37. The van der Waals surface area contributed by atoms with Gasteiger partial charge in [0.05, 0.1) is 12.0 Å². The quantitative estimate of drug-likeness (QED) is 0.366. The largest absolute Gasteiger partial charge is 0.497 e. The summed E-state index contributed by atoms with van der Waals surface area (Å²) in [5.41, 5.74) is 1.53. The number of ether oxygens (including phenoxy) is 1. The van der Waals surface area contributed by atoms with Crippen LogP contribution in [0.1, 0.15) is 21.7 Å². The minimum atomic E-state index is -0.495. The lowest BCUT2D eigenvalue weighted by Gasteiger charge is -2.09. The summed E-state index contributed by atoms with van der Waals surface area (Å²) in [4.78, 5) is 27.5. The Kier molecular flexibility index (Phi) is 5.69. The zero-order valence-corrected chi connectivity index (χ0v) is 15.6. The van der Waals surface area contributed by atoms with E-state index in [4.69, 9.17) is 4.74 Å². The van der Waals surface area contributed by atoms with E-state index in [-0.39, 0.29) is 22.9 Å². The van der Waals surface area contributed by atoms with E-state index in [1.54, 1.807) is 37.1 Å². The lowest BCUT2D eigenvalue weighted by atomic mass is 10.1. The number of nitro groups is 1. The predicted octanol–water partition coefficient (Wildman–Crippen LogP) is 3.22. The number of rotatable bonds is 8. The van der Waals surface area contributed by atoms with Gasteiger partial charge in [-0.25, -0.2) is 4.98 Å². The number of aryl methyl sites for hydroxylation is 1. The van der Waals surface area contributed by atoms with Gasteiger partial charge < -0.3 is 14.6 Å². The second kappa shape index (κ2) is 8.34. The van der Waals surface area contributed by atoms with Crippen molar-refractivity contribution >= 4 is 17.2 Å². The third-order valence-electron chi connectivity index (χ3n) is 4.37. The molecule has 0 amide bonds. The highest BCUT2D eigenvalue weighted by Gasteiger charge is 2.20. The van der Waals surface area contributed by atoms with E-state index in [1.807, 2.05) is 24.3 Å². The number of methoxy groups -OCH3 is 1. The van der Waals surface area contributed by atoms with Crippen molar-refractivity contribution in [1.82, 2.24) is 9.55 Å². The molecule has 0 spiro atoms. The van der Waals surface area contributed by atoms with E-state index in [0.29, 0.717) is 18.7 Å². The number of nitrogens with one attached hydrogen (secondary N) is 1. The summed E-state index contributed by atoms with van der Waals surface area (Å²) >= 11 is 0. The number of carbonyl (C=O) groups is 1. The first-order chi connectivity index (χ1) is 13.5. The smallest absolute Gasteiger partial charge is 0.293 e. The molecule has 0 aliphatic rings. The Morgan fingerprint density at radius 1 is 1.25 bits per heavy atom. The van der Waals surface area contributed by atoms with Crippen LogP contribution in [0.4, 0.5) is 11.4 Å². The van der Waals surface area contributed by atoms with Crippen molar-refractivity contribution < 1.29 is 14.5 Å². The highest BCUT2D eigenvalue weighted by molar-refractivity contribution is 6.07. The number of hydrogen-bond acceptors (Lipinski definition) is 6. The van der Waals surface area contributed by atoms with Gasteiger partial charge in [-0.3, -0.25) is 14.9 Å². The zero-order chi connectivity index (χ0) is 20.1. The van der Waals surface area contributed by atoms with E-state index in [9.17, 15) is 14.9 Å². The summed E-state index contributed by atoms with van der Waals surface area (Å²) < 4.78 is 6.70. The van der Waals surface area contributed by atoms with Gasteiger partial charge in [0.1, 0.15) is 11.4 Å². The standard InChI is InChI=1S/C20H20N4O4/c1-23-12-11-22-20(23)19(25)15-5-8-17(18(13-15)24(26)27)21-10-9-14-3-6-16(28-2)7-4-14/h3-8,11-13,21H,9-10H2,1-2H3. The number of carbonyl (C=O) groups excluding carboxylic acids is 1. The number of nitro benzene ring substituents is 1. The maximum Gasteiger partial charge on any atom is 0.293 e. The molecule has 0 radical (unpaired) electrons. The summed E-state index contributed by atoms with van der Waals surface area (Å²) in [6.45, 7) is 0.514. The summed E-state index contributed by atoms with van der Waals surface area (Å²) in [7, 11) is 3.31. The molecule has 0 aliphatic heterocycles. The summed E-state index contributed by atoms with van der Waals surface area (Å²) in [6.07, 6.45) is 3.85. The highest BCUT2D eigenvalue weighted by Crippen LogP contribution is 2.26. The monoisotopic (exact) mass is 380 g/mol. The first-order valence-electron chi connectivity index (χ1n) is 8.67. The Balaban J connectivity index is 1.73. The molecule has 3 rings (SSSR count). The first-order valence-corrected chi connectivity index (χ1v) is 8.67. The van der Waals surface area contributed by atoms with Gasteiger partial charge in [0.15, 0.2) is 5.82 Å². The van der Waals surface area contributed by atoms with Gasteiger partial charge in [-0.1, -0.05) is 12.1 Å². The van der Waals surface area contributed by atoms with Crippen molar-refractivity contribution in [3.05, 3.63) is 81.9 Å². The molecule has 0 bridgehead atoms. The number of ketones is 1. The van der Waals surface area contributed by atoms with Crippen LogP contribution < -0.4 is 10.1 Å². The van der Waals surface area contributed by atoms with Gasteiger partial charge >= 0.3 is 0 Å². The Morgan fingerprint density at radius 2 is 2.00 bits per heavy atom. The number of benzene rings is 2. The van der Waals surface area contributed by atoms with Crippen LogP contribution in [-0.4, -0.2) is 33.9 Å². The number of aromatic nitrogens is 2. The van der Waals surface area contributed by atoms with Gasteiger partial charge in [-0.15, -0.1) is 0 Å². The Hall–Kier alpha value is -3.68. The topological polar surface area (TPSA) is 99.3 Å². The van der Waals surface area contributed by atoms with Crippen LogP contribution in [0.25, 0.3) is 0 Å². The number of hydrogen-bond donors (Lipinski definition) is 1. The van der Waals surface area contributed by atoms with Crippen LogP contribution in [0.3, 0.4) is 0 Å². The Labute approximate surface area is 161 Å². The molecule has 0 atom stereocenters. The van der Waals surface area contributed by atoms with Crippen molar-refractivity contribution in [2.45, 2.75) is 6.42 Å². The van der Waals surface area contributed by atoms with Crippen molar-refractivity contribution in [3.8, 4) is 5.75 Å². The van der Waals surface area contributed by atoms with Gasteiger partial charge in [-0.2, -0.15) is 0 Å². The van der Waals surface area contributed by atoms with E-state index in [0.717, 1.165) is 11.3 Å². The fourth-order valence-electron chi connectivity index (χ4n) is 2.82. The molecule has 28 heavy (non-hydrogen) atoms. The van der Waals surface area contributed by atoms with Crippen LogP contribution >= 0.6 is 0 Å². The van der Waals surface area contributed by atoms with Crippen molar-refractivity contribution in [2.75, 3.05) is 19.0 Å². The van der Waals surface area contributed by atoms with E-state index in [1.165, 1.54) is 12.3 Å². The zero-order valence-electron chi connectivity index (χ0n) is 15.6. The minimum absolute atomic E-state index is 0.144. The van der Waals surface area contributed by atoms with Crippen LogP contribution in [-0.2, 0) is 13.5 Å². The maximum atomic E-state index is 12.5.